The summed E-state index contributed by atoms with van der Waals surface area (Å²) in [6.07, 6.45) is 2.28. The highest BCUT2D eigenvalue weighted by molar-refractivity contribution is 6.16. The van der Waals surface area contributed by atoms with E-state index in [-0.39, 0.29) is 6.54 Å². The van der Waals surface area contributed by atoms with Crippen molar-refractivity contribution < 1.29 is 24.2 Å². The summed E-state index contributed by atoms with van der Waals surface area (Å²) in [6.45, 7) is 8.11. The minimum atomic E-state index is -1.37. The molecule has 0 aromatic carbocycles. The fourth-order valence-electron chi connectivity index (χ4n) is 1.20. The van der Waals surface area contributed by atoms with Crippen LogP contribution in [-0.4, -0.2) is 47.0 Å². The van der Waals surface area contributed by atoms with Gasteiger partial charge in [-0.15, -0.1) is 0 Å². The summed E-state index contributed by atoms with van der Waals surface area (Å²) in [5.74, 6) is -2.76. The van der Waals surface area contributed by atoms with Gasteiger partial charge in [0.15, 0.2) is 0 Å². The molecule has 0 rings (SSSR count). The van der Waals surface area contributed by atoms with E-state index in [1.54, 1.807) is 20.8 Å². The van der Waals surface area contributed by atoms with Crippen LogP contribution in [0.5, 0.6) is 0 Å². The summed E-state index contributed by atoms with van der Waals surface area (Å²) < 4.78 is 5.04. The van der Waals surface area contributed by atoms with Crippen LogP contribution in [0.3, 0.4) is 0 Å². The van der Waals surface area contributed by atoms with Gasteiger partial charge in [-0.25, -0.2) is 4.79 Å². The summed E-state index contributed by atoms with van der Waals surface area (Å²) >= 11 is 0. The molecule has 0 aliphatic rings. The molecule has 19 heavy (non-hydrogen) atoms. The van der Waals surface area contributed by atoms with Crippen LogP contribution in [-0.2, 0) is 19.1 Å². The van der Waals surface area contributed by atoms with Crippen molar-refractivity contribution in [3.63, 3.8) is 0 Å². The van der Waals surface area contributed by atoms with E-state index in [1.807, 2.05) is 0 Å². The first-order valence-electron chi connectivity index (χ1n) is 5.62. The quantitative estimate of drug-likeness (QED) is 0.264. The molecule has 0 unspecified atom stereocenters. The number of carboxylic acids is 1. The van der Waals surface area contributed by atoms with Crippen LogP contribution in [0.4, 0.5) is 0 Å². The maximum Gasteiger partial charge on any atom is 0.341 e. The van der Waals surface area contributed by atoms with E-state index in [0.29, 0.717) is 0 Å². The van der Waals surface area contributed by atoms with Crippen LogP contribution in [0.15, 0.2) is 24.3 Å². The number of likely N-dealkylation sites (N-methyl/N-ethyl adjacent to an activating group) is 1. The molecule has 0 aromatic heterocycles. The number of hydrogen-bond donors (Lipinski definition) is 1. The molecular formula is C13H19NO5. The number of aliphatic carboxylic acids is 1. The molecule has 1 N–H and O–H groups in total. The van der Waals surface area contributed by atoms with Crippen LogP contribution in [0.2, 0.25) is 0 Å². The van der Waals surface area contributed by atoms with E-state index >= 15 is 0 Å². The maximum absolute atomic E-state index is 11.8. The largest absolute Gasteiger partial charge is 0.477 e. The Morgan fingerprint density at radius 1 is 1.32 bits per heavy atom. The normalized spacial score (nSPS) is 11.7. The van der Waals surface area contributed by atoms with Gasteiger partial charge >= 0.3 is 11.9 Å². The first kappa shape index (κ1) is 16.9. The topological polar surface area (TPSA) is 83.9 Å². The van der Waals surface area contributed by atoms with Crippen LogP contribution < -0.4 is 0 Å². The zero-order valence-electron chi connectivity index (χ0n) is 11.6. The monoisotopic (exact) mass is 269 g/mol. The van der Waals surface area contributed by atoms with Crippen molar-refractivity contribution in [2.75, 3.05) is 13.6 Å². The van der Waals surface area contributed by atoms with Crippen molar-refractivity contribution in [2.24, 2.45) is 0 Å². The van der Waals surface area contributed by atoms with Crippen LogP contribution in [0.25, 0.3) is 0 Å². The van der Waals surface area contributed by atoms with Gasteiger partial charge in [-0.1, -0.05) is 12.7 Å². The molecule has 0 aliphatic heterocycles. The van der Waals surface area contributed by atoms with Gasteiger partial charge in [-0.3, -0.25) is 9.59 Å². The zero-order valence-corrected chi connectivity index (χ0v) is 11.6. The first-order valence-corrected chi connectivity index (χ1v) is 5.62. The minimum Gasteiger partial charge on any atom is -0.477 e. The molecule has 0 saturated heterocycles. The molecule has 0 bridgehead atoms. The standard InChI is InChI=1S/C13H19NO5/c1-6-7-9(12(17)18)11(16)14(5)8-10(15)19-13(2,3)4/h6-7H,1,8H2,2-5H3,(H,17,18)/b9-7+. The molecule has 6 heteroatoms. The van der Waals surface area contributed by atoms with E-state index in [0.717, 1.165) is 11.0 Å². The summed E-state index contributed by atoms with van der Waals surface area (Å²) in [4.78, 5) is 35.2. The fourth-order valence-corrected chi connectivity index (χ4v) is 1.20. The molecule has 0 spiro atoms. The number of carbonyl (C=O) groups excluding carboxylic acids is 2. The SMILES string of the molecule is C=C/C=C(/C(=O)O)C(=O)N(C)CC(=O)OC(C)(C)C. The summed E-state index contributed by atoms with van der Waals surface area (Å²) in [5, 5.41) is 8.86. The highest BCUT2D eigenvalue weighted by Crippen LogP contribution is 2.08. The Morgan fingerprint density at radius 2 is 1.84 bits per heavy atom. The van der Waals surface area contributed by atoms with Gasteiger partial charge in [0.05, 0.1) is 0 Å². The molecule has 0 radical (unpaired) electrons. The molecule has 0 heterocycles. The van der Waals surface area contributed by atoms with Crippen molar-refractivity contribution >= 4 is 17.8 Å². The van der Waals surface area contributed by atoms with Crippen LogP contribution in [0.1, 0.15) is 20.8 Å². The maximum atomic E-state index is 11.8. The van der Waals surface area contributed by atoms with E-state index < -0.39 is 29.0 Å². The first-order chi connectivity index (χ1) is 8.58. The smallest absolute Gasteiger partial charge is 0.341 e. The number of allylic oxidation sites excluding steroid dienone is 2. The van der Waals surface area contributed by atoms with Crippen LogP contribution in [0, 0.1) is 0 Å². The Morgan fingerprint density at radius 3 is 2.21 bits per heavy atom. The Hall–Kier alpha value is -2.11. The van der Waals surface area contributed by atoms with Gasteiger partial charge < -0.3 is 14.7 Å². The average Bonchev–Trinajstić information content (AvgIpc) is 2.21. The predicted octanol–water partition coefficient (Wildman–Crippen LogP) is 0.983. The number of carboxylic acid groups (broad SMARTS) is 1. The summed E-state index contributed by atoms with van der Waals surface area (Å²) in [5.41, 5.74) is -1.12. The van der Waals surface area contributed by atoms with E-state index in [9.17, 15) is 14.4 Å². The Kier molecular flexibility index (Phi) is 5.98. The number of amides is 1. The van der Waals surface area contributed by atoms with Gasteiger partial charge in [0.1, 0.15) is 17.7 Å². The number of esters is 1. The van der Waals surface area contributed by atoms with Crippen molar-refractivity contribution in [3.8, 4) is 0 Å². The highest BCUT2D eigenvalue weighted by Gasteiger charge is 2.24. The molecule has 106 valence electrons. The molecule has 0 saturated carbocycles. The van der Waals surface area contributed by atoms with Gasteiger partial charge in [-0.2, -0.15) is 0 Å². The third-order valence-corrected chi connectivity index (χ3v) is 1.88. The second-order valence-corrected chi connectivity index (χ2v) is 4.87. The Balaban J connectivity index is 4.75. The van der Waals surface area contributed by atoms with Crippen molar-refractivity contribution in [1.82, 2.24) is 4.90 Å². The highest BCUT2D eigenvalue weighted by atomic mass is 16.6. The number of ether oxygens (including phenoxy) is 1. The minimum absolute atomic E-state index is 0.322. The number of nitrogens with zero attached hydrogens (tertiary/aromatic N) is 1. The van der Waals surface area contributed by atoms with Gasteiger partial charge in [0, 0.05) is 7.05 Å². The molecule has 6 nitrogen and oxygen atoms in total. The summed E-state index contributed by atoms with van der Waals surface area (Å²) in [6, 6.07) is 0. The van der Waals surface area contributed by atoms with E-state index in [4.69, 9.17) is 9.84 Å². The molecular weight excluding hydrogens is 250 g/mol. The number of rotatable bonds is 5. The lowest BCUT2D eigenvalue weighted by Crippen LogP contribution is -2.38. The third kappa shape index (κ3) is 6.40. The van der Waals surface area contributed by atoms with Gasteiger partial charge in [-0.05, 0) is 26.8 Å². The molecule has 0 fully saturated rings. The lowest BCUT2D eigenvalue weighted by atomic mass is 10.2. The van der Waals surface area contributed by atoms with E-state index in [2.05, 4.69) is 6.58 Å². The lowest BCUT2D eigenvalue weighted by molar-refractivity contribution is -0.158. The van der Waals surface area contributed by atoms with Gasteiger partial charge in [0.2, 0.25) is 0 Å². The van der Waals surface area contributed by atoms with Crippen molar-refractivity contribution in [1.29, 1.82) is 0 Å². The number of hydrogen-bond acceptors (Lipinski definition) is 4. The van der Waals surface area contributed by atoms with Crippen molar-refractivity contribution in [3.05, 3.63) is 24.3 Å². The van der Waals surface area contributed by atoms with Gasteiger partial charge in [0.25, 0.3) is 5.91 Å². The molecule has 1 amide bonds. The molecule has 0 atom stereocenters. The van der Waals surface area contributed by atoms with Crippen molar-refractivity contribution in [2.45, 2.75) is 26.4 Å². The second-order valence-electron chi connectivity index (χ2n) is 4.87. The fraction of sp³-hybridized carbons (Fsp3) is 0.462. The lowest BCUT2D eigenvalue weighted by Gasteiger charge is -2.22. The Bertz CT molecular complexity index is 417. The molecule has 0 aromatic rings. The third-order valence-electron chi connectivity index (χ3n) is 1.88. The molecule has 0 aliphatic carbocycles. The Labute approximate surface area is 112 Å². The van der Waals surface area contributed by atoms with E-state index in [1.165, 1.54) is 13.1 Å². The zero-order chi connectivity index (χ0) is 15.2. The predicted molar refractivity (Wildman–Crippen MR) is 69.4 cm³/mol. The second kappa shape index (κ2) is 6.72. The average molecular weight is 269 g/mol. The number of carbonyl (C=O) groups is 3. The van der Waals surface area contributed by atoms with Crippen LogP contribution >= 0.6 is 0 Å². The summed E-state index contributed by atoms with van der Waals surface area (Å²) in [7, 11) is 1.33.